The molecule has 2 saturated carbocycles. The van der Waals surface area contributed by atoms with Crippen LogP contribution >= 0.6 is 11.6 Å². The summed E-state index contributed by atoms with van der Waals surface area (Å²) in [7, 11) is 1.75. The molecule has 1 amide bonds. The SMILES string of the molecule is CC(CC1CC2CC(c3nn(C)c(N)c3C(=O)Nc3ccc(F)c(Cl)c3)CC2C1)C(=O)C1CCNCC1. The predicted molar refractivity (Wildman–Crippen MR) is 143 cm³/mol. The van der Waals surface area contributed by atoms with Crippen LogP contribution in [0.3, 0.4) is 0 Å². The van der Waals surface area contributed by atoms with Gasteiger partial charge in [-0.15, -0.1) is 0 Å². The molecule has 1 aromatic heterocycles. The van der Waals surface area contributed by atoms with Gasteiger partial charge in [-0.25, -0.2) is 4.39 Å². The zero-order valence-corrected chi connectivity index (χ0v) is 22.4. The van der Waals surface area contributed by atoms with Gasteiger partial charge in [0.2, 0.25) is 0 Å². The molecule has 3 aliphatic rings. The summed E-state index contributed by atoms with van der Waals surface area (Å²) in [5.74, 6) is 2.19. The highest BCUT2D eigenvalue weighted by Gasteiger charge is 2.44. The number of nitrogens with one attached hydrogen (secondary N) is 2. The van der Waals surface area contributed by atoms with E-state index in [1.54, 1.807) is 11.7 Å². The Kier molecular flexibility index (Phi) is 7.59. The van der Waals surface area contributed by atoms with Crippen molar-refractivity contribution in [3.63, 3.8) is 0 Å². The van der Waals surface area contributed by atoms with Gasteiger partial charge in [0.1, 0.15) is 23.0 Å². The number of nitrogen functional groups attached to an aromatic ring is 1. The van der Waals surface area contributed by atoms with Crippen LogP contribution in [0.2, 0.25) is 5.02 Å². The van der Waals surface area contributed by atoms with E-state index in [4.69, 9.17) is 17.3 Å². The Morgan fingerprint density at radius 3 is 2.54 bits per heavy atom. The van der Waals surface area contributed by atoms with Gasteiger partial charge in [0.25, 0.3) is 5.91 Å². The van der Waals surface area contributed by atoms with Crippen LogP contribution in [0.15, 0.2) is 18.2 Å². The van der Waals surface area contributed by atoms with Gasteiger partial charge in [-0.2, -0.15) is 5.10 Å². The molecule has 0 bridgehead atoms. The van der Waals surface area contributed by atoms with Gasteiger partial charge in [0, 0.05) is 30.5 Å². The minimum atomic E-state index is -0.540. The lowest BCUT2D eigenvalue weighted by Gasteiger charge is -2.25. The van der Waals surface area contributed by atoms with Crippen LogP contribution in [0.4, 0.5) is 15.9 Å². The number of piperidine rings is 1. The first-order valence-electron chi connectivity index (χ1n) is 13.5. The van der Waals surface area contributed by atoms with Crippen molar-refractivity contribution in [1.82, 2.24) is 15.1 Å². The van der Waals surface area contributed by atoms with E-state index in [0.29, 0.717) is 40.6 Å². The van der Waals surface area contributed by atoms with Crippen LogP contribution in [0, 0.1) is 35.4 Å². The summed E-state index contributed by atoms with van der Waals surface area (Å²) in [6, 6.07) is 4.08. The summed E-state index contributed by atoms with van der Waals surface area (Å²) in [6.45, 7) is 4.03. The minimum absolute atomic E-state index is 0.0536. The fourth-order valence-electron chi connectivity index (χ4n) is 7.13. The van der Waals surface area contributed by atoms with Crippen LogP contribution < -0.4 is 16.4 Å². The van der Waals surface area contributed by atoms with Crippen LogP contribution in [-0.4, -0.2) is 34.6 Å². The fourth-order valence-corrected chi connectivity index (χ4v) is 7.31. The third-order valence-corrected chi connectivity index (χ3v) is 9.23. The van der Waals surface area contributed by atoms with Crippen molar-refractivity contribution in [1.29, 1.82) is 0 Å². The average molecular weight is 530 g/mol. The molecule has 37 heavy (non-hydrogen) atoms. The number of aryl methyl sites for hydroxylation is 1. The third kappa shape index (κ3) is 5.41. The van der Waals surface area contributed by atoms with Crippen LogP contribution in [0.25, 0.3) is 0 Å². The molecule has 0 radical (unpaired) electrons. The first-order valence-corrected chi connectivity index (χ1v) is 13.9. The van der Waals surface area contributed by atoms with Gasteiger partial charge >= 0.3 is 0 Å². The van der Waals surface area contributed by atoms with Gasteiger partial charge < -0.3 is 16.4 Å². The molecule has 2 aliphatic carbocycles. The van der Waals surface area contributed by atoms with Crippen molar-refractivity contribution >= 4 is 34.8 Å². The highest BCUT2D eigenvalue weighted by Crippen LogP contribution is 2.54. The first-order chi connectivity index (χ1) is 17.7. The number of Topliss-reactive ketones (excluding diaryl/α,β-unsaturated/α-hetero) is 1. The molecule has 2 aromatic rings. The lowest BCUT2D eigenvalue weighted by Crippen LogP contribution is -2.34. The molecule has 2 heterocycles. The number of rotatable bonds is 7. The van der Waals surface area contributed by atoms with E-state index in [-0.39, 0.29) is 28.7 Å². The summed E-state index contributed by atoms with van der Waals surface area (Å²) in [5.41, 5.74) is 7.82. The van der Waals surface area contributed by atoms with E-state index in [1.165, 1.54) is 18.2 Å². The van der Waals surface area contributed by atoms with Crippen molar-refractivity contribution in [2.45, 2.75) is 57.8 Å². The molecule has 3 atom stereocenters. The largest absolute Gasteiger partial charge is 0.383 e. The number of nitrogens with zero attached hydrogens (tertiary/aromatic N) is 2. The van der Waals surface area contributed by atoms with E-state index in [1.807, 2.05) is 0 Å². The molecule has 200 valence electrons. The molecule has 4 N–H and O–H groups in total. The number of carbonyl (C=O) groups is 2. The number of fused-ring (bicyclic) bond motifs is 1. The van der Waals surface area contributed by atoms with Crippen LogP contribution in [0.1, 0.15) is 73.8 Å². The number of halogens is 2. The number of aromatic nitrogens is 2. The Morgan fingerprint density at radius 2 is 1.89 bits per heavy atom. The predicted octanol–water partition coefficient (Wildman–Crippen LogP) is 5.16. The van der Waals surface area contributed by atoms with Crippen molar-refractivity contribution < 1.29 is 14.0 Å². The maximum absolute atomic E-state index is 13.5. The third-order valence-electron chi connectivity index (χ3n) is 8.94. The van der Waals surface area contributed by atoms with Crippen LogP contribution in [-0.2, 0) is 11.8 Å². The molecule has 5 rings (SSSR count). The van der Waals surface area contributed by atoms with Gasteiger partial charge in [0.15, 0.2) is 0 Å². The van der Waals surface area contributed by atoms with Crippen LogP contribution in [0.5, 0.6) is 0 Å². The van der Waals surface area contributed by atoms with Gasteiger partial charge in [-0.1, -0.05) is 18.5 Å². The number of hydrogen-bond donors (Lipinski definition) is 3. The quantitative estimate of drug-likeness (QED) is 0.459. The lowest BCUT2D eigenvalue weighted by molar-refractivity contribution is -0.127. The highest BCUT2D eigenvalue weighted by atomic mass is 35.5. The number of carbonyl (C=O) groups excluding carboxylic acids is 2. The molecule has 9 heteroatoms. The molecule has 0 spiro atoms. The Hall–Kier alpha value is -2.45. The number of ketones is 1. The number of hydrogen-bond acceptors (Lipinski definition) is 5. The van der Waals surface area contributed by atoms with Gasteiger partial charge in [0.05, 0.1) is 10.7 Å². The van der Waals surface area contributed by atoms with E-state index >= 15 is 0 Å². The number of benzene rings is 1. The Balaban J connectivity index is 1.22. The summed E-state index contributed by atoms with van der Waals surface area (Å²) in [5, 5.41) is 10.7. The van der Waals surface area contributed by atoms with E-state index in [9.17, 15) is 14.0 Å². The minimum Gasteiger partial charge on any atom is -0.383 e. The number of amides is 1. The molecular formula is C28H37ClFN5O2. The van der Waals surface area contributed by atoms with Crippen molar-refractivity contribution in [3.8, 4) is 0 Å². The summed E-state index contributed by atoms with van der Waals surface area (Å²) >= 11 is 5.88. The Morgan fingerprint density at radius 1 is 1.22 bits per heavy atom. The standard InChI is InChI=1S/C28H37ClFN5O2/c1-15(26(36)17-5-7-32-8-6-17)9-16-10-18-12-20(13-19(18)11-16)25-24(27(31)35(2)34-25)28(37)33-21-3-4-23(30)22(29)14-21/h3-4,14-20,32H,5-13,31H2,1-2H3,(H,33,37). The number of nitrogens with two attached hydrogens (primary N) is 1. The summed E-state index contributed by atoms with van der Waals surface area (Å²) in [4.78, 5) is 26.2. The number of anilines is 2. The molecule has 3 fully saturated rings. The second kappa shape index (κ2) is 10.7. The Labute approximate surface area is 222 Å². The molecular weight excluding hydrogens is 493 g/mol. The van der Waals surface area contributed by atoms with Gasteiger partial charge in [-0.3, -0.25) is 14.3 Å². The second-order valence-corrected chi connectivity index (χ2v) is 11.8. The Bertz CT molecular complexity index is 1160. The highest BCUT2D eigenvalue weighted by molar-refractivity contribution is 6.31. The monoisotopic (exact) mass is 529 g/mol. The first kappa shape index (κ1) is 26.2. The van der Waals surface area contributed by atoms with Crippen molar-refractivity contribution in [3.05, 3.63) is 40.3 Å². The molecule has 1 aromatic carbocycles. The maximum atomic E-state index is 13.5. The second-order valence-electron chi connectivity index (χ2n) is 11.4. The topological polar surface area (TPSA) is 102 Å². The molecule has 3 unspecified atom stereocenters. The summed E-state index contributed by atoms with van der Waals surface area (Å²) in [6.07, 6.45) is 7.18. The smallest absolute Gasteiger partial charge is 0.261 e. The zero-order valence-electron chi connectivity index (χ0n) is 21.6. The fraction of sp³-hybridized carbons (Fsp3) is 0.607. The molecule has 7 nitrogen and oxygen atoms in total. The average Bonchev–Trinajstić information content (AvgIpc) is 3.53. The van der Waals surface area contributed by atoms with E-state index < -0.39 is 5.82 Å². The lowest BCUT2D eigenvalue weighted by atomic mass is 9.81. The zero-order chi connectivity index (χ0) is 26.3. The molecule has 1 aliphatic heterocycles. The van der Waals surface area contributed by atoms with Crippen molar-refractivity contribution in [2.24, 2.45) is 36.6 Å². The van der Waals surface area contributed by atoms with Gasteiger partial charge in [-0.05, 0) is 94.0 Å². The van der Waals surface area contributed by atoms with E-state index in [2.05, 4.69) is 22.7 Å². The summed E-state index contributed by atoms with van der Waals surface area (Å²) < 4.78 is 15.1. The maximum Gasteiger partial charge on any atom is 0.261 e. The normalized spacial score (nSPS) is 26.7. The van der Waals surface area contributed by atoms with Crippen molar-refractivity contribution in [2.75, 3.05) is 24.1 Å². The van der Waals surface area contributed by atoms with E-state index in [0.717, 1.165) is 63.7 Å². The molecule has 1 saturated heterocycles.